The zero-order chi connectivity index (χ0) is 24.8. The first-order valence-electron chi connectivity index (χ1n) is 12.9. The molecule has 3 N–H and O–H groups in total. The van der Waals surface area contributed by atoms with E-state index in [1.807, 2.05) is 0 Å². The van der Waals surface area contributed by atoms with Gasteiger partial charge < -0.3 is 20.5 Å². The molecule has 1 heterocycles. The number of fused-ring (bicyclic) bond motifs is 4. The highest BCUT2D eigenvalue weighted by atomic mass is 19.3. The van der Waals surface area contributed by atoms with Crippen LogP contribution in [0.25, 0.3) is 0 Å². The fraction of sp³-hybridized carbons (Fsp3) is 0.917. The van der Waals surface area contributed by atoms with Crippen molar-refractivity contribution in [3.05, 3.63) is 0 Å². The number of halogens is 3. The number of rotatable bonds is 6. The van der Waals surface area contributed by atoms with Gasteiger partial charge in [0.1, 0.15) is 12.8 Å². The van der Waals surface area contributed by atoms with E-state index in [9.17, 15) is 27.9 Å². The summed E-state index contributed by atoms with van der Waals surface area (Å²) in [7, 11) is 0. The van der Waals surface area contributed by atoms with Gasteiger partial charge in [-0.1, -0.05) is 0 Å². The van der Waals surface area contributed by atoms with E-state index in [4.69, 9.17) is 4.74 Å². The molecule has 6 rings (SSSR count). The number of alkyl halides is 3. The molecule has 2 amide bonds. The zero-order valence-corrected chi connectivity index (χ0v) is 19.8. The van der Waals surface area contributed by atoms with Crippen LogP contribution in [0.2, 0.25) is 0 Å². The lowest BCUT2D eigenvalue weighted by Gasteiger charge is -2.56. The maximum Gasteiger partial charge on any atom is 0.486 e. The SMILES string of the molecule is O=C(COC1CCC2OC(F)(F)OC2C1)NC12CCC(NC(=O)C3CCCC(F)C3)(CC1)C[C@@H]2O. The highest BCUT2D eigenvalue weighted by Crippen LogP contribution is 2.47. The van der Waals surface area contributed by atoms with Crippen molar-refractivity contribution in [2.75, 3.05) is 6.61 Å². The van der Waals surface area contributed by atoms with Crippen LogP contribution >= 0.6 is 0 Å². The Hall–Kier alpha value is -1.43. The van der Waals surface area contributed by atoms with E-state index in [0.717, 1.165) is 0 Å². The lowest BCUT2D eigenvalue weighted by atomic mass is 9.59. The number of ether oxygens (including phenoxy) is 3. The van der Waals surface area contributed by atoms with Crippen molar-refractivity contribution in [1.82, 2.24) is 10.6 Å². The molecule has 6 aliphatic rings. The van der Waals surface area contributed by atoms with Gasteiger partial charge in [0.2, 0.25) is 11.8 Å². The van der Waals surface area contributed by atoms with Gasteiger partial charge in [0.25, 0.3) is 0 Å². The van der Waals surface area contributed by atoms with Gasteiger partial charge in [0.05, 0.1) is 30.0 Å². The number of aliphatic hydroxyl groups is 1. The Labute approximate surface area is 202 Å². The summed E-state index contributed by atoms with van der Waals surface area (Å²) >= 11 is 0. The van der Waals surface area contributed by atoms with E-state index in [1.54, 1.807) is 0 Å². The topological polar surface area (TPSA) is 106 Å². The molecule has 0 radical (unpaired) electrons. The number of hydrogen-bond donors (Lipinski definition) is 3. The first kappa shape index (κ1) is 25.2. The number of nitrogens with one attached hydrogen (secondary N) is 2. The molecular formula is C24H35F3N2O6. The molecule has 5 unspecified atom stereocenters. The molecule has 2 bridgehead atoms. The molecule has 0 aromatic heterocycles. The number of carbonyl (C=O) groups excluding carboxylic acids is 2. The standard InChI is InChI=1S/C24H35F3N2O6/c25-15-3-1-2-14(10-15)21(32)29-22-6-8-23(9-7-22,19(30)12-22)28-20(31)13-33-16-4-5-17-18(11-16)35-24(26,27)34-17/h14-19,30H,1-13H2,(H,28,31)(H,29,32)/t14?,15?,16?,17?,18?,19-,22?,23?/m0/s1. The second kappa shape index (κ2) is 9.46. The van der Waals surface area contributed by atoms with Gasteiger partial charge in [-0.3, -0.25) is 19.1 Å². The molecule has 0 aromatic rings. The van der Waals surface area contributed by atoms with E-state index in [2.05, 4.69) is 20.1 Å². The number of amides is 2. The van der Waals surface area contributed by atoms with E-state index >= 15 is 0 Å². The Kier molecular flexibility index (Phi) is 6.82. The zero-order valence-electron chi connectivity index (χ0n) is 19.8. The van der Waals surface area contributed by atoms with Crippen LogP contribution in [0, 0.1) is 5.92 Å². The molecule has 11 heteroatoms. The largest absolute Gasteiger partial charge is 0.486 e. The van der Waals surface area contributed by atoms with Gasteiger partial charge in [-0.25, -0.2) is 4.39 Å². The van der Waals surface area contributed by atoms with E-state index in [1.165, 1.54) is 0 Å². The maximum absolute atomic E-state index is 13.7. The van der Waals surface area contributed by atoms with Gasteiger partial charge in [0, 0.05) is 17.9 Å². The molecule has 1 aliphatic heterocycles. The molecule has 6 atom stereocenters. The molecule has 6 fully saturated rings. The lowest BCUT2D eigenvalue weighted by molar-refractivity contribution is -0.351. The molecule has 0 spiro atoms. The number of aliphatic hydroxyl groups excluding tert-OH is 1. The van der Waals surface area contributed by atoms with Crippen LogP contribution in [0.3, 0.4) is 0 Å². The Morgan fingerprint density at radius 3 is 2.43 bits per heavy atom. The molecule has 5 saturated carbocycles. The Morgan fingerprint density at radius 1 is 0.971 bits per heavy atom. The summed E-state index contributed by atoms with van der Waals surface area (Å²) in [6, 6.07) is 0. The van der Waals surface area contributed by atoms with Crippen LogP contribution in [0.5, 0.6) is 0 Å². The third-order valence-electron chi connectivity index (χ3n) is 8.79. The molecule has 35 heavy (non-hydrogen) atoms. The molecular weight excluding hydrogens is 469 g/mol. The van der Waals surface area contributed by atoms with Crippen molar-refractivity contribution in [3.63, 3.8) is 0 Å². The summed E-state index contributed by atoms with van der Waals surface area (Å²) in [5.41, 5.74) is -1.29. The highest BCUT2D eigenvalue weighted by Gasteiger charge is 2.56. The van der Waals surface area contributed by atoms with Crippen LogP contribution in [0.15, 0.2) is 0 Å². The van der Waals surface area contributed by atoms with Crippen LogP contribution in [-0.4, -0.2) is 71.5 Å². The van der Waals surface area contributed by atoms with Gasteiger partial charge in [-0.2, -0.15) is 0 Å². The lowest BCUT2D eigenvalue weighted by Crippen LogP contribution is -2.70. The molecule has 1 saturated heterocycles. The van der Waals surface area contributed by atoms with Crippen molar-refractivity contribution >= 4 is 11.8 Å². The minimum Gasteiger partial charge on any atom is -0.391 e. The van der Waals surface area contributed by atoms with Gasteiger partial charge in [-0.05, 0) is 70.6 Å². The van der Waals surface area contributed by atoms with Crippen LogP contribution < -0.4 is 10.6 Å². The summed E-state index contributed by atoms with van der Waals surface area (Å²) in [6.07, 6.45) is -1.23. The fourth-order valence-electron chi connectivity index (χ4n) is 6.76. The first-order valence-corrected chi connectivity index (χ1v) is 12.9. The van der Waals surface area contributed by atoms with Gasteiger partial charge in [-0.15, -0.1) is 8.78 Å². The minimum atomic E-state index is -3.57. The maximum atomic E-state index is 13.7. The Balaban J connectivity index is 1.09. The fourth-order valence-corrected chi connectivity index (χ4v) is 6.76. The predicted octanol–water partition coefficient (Wildman–Crippen LogP) is 2.47. The molecule has 5 aliphatic carbocycles. The van der Waals surface area contributed by atoms with Gasteiger partial charge in [0.15, 0.2) is 0 Å². The van der Waals surface area contributed by atoms with Crippen molar-refractivity contribution in [2.24, 2.45) is 5.92 Å². The van der Waals surface area contributed by atoms with E-state index in [0.29, 0.717) is 64.2 Å². The summed E-state index contributed by atoms with van der Waals surface area (Å²) in [5, 5.41) is 17.0. The quantitative estimate of drug-likeness (QED) is 0.513. The molecule has 8 nitrogen and oxygen atoms in total. The third-order valence-corrected chi connectivity index (χ3v) is 8.79. The van der Waals surface area contributed by atoms with Gasteiger partial charge >= 0.3 is 6.29 Å². The third kappa shape index (κ3) is 5.33. The monoisotopic (exact) mass is 504 g/mol. The average molecular weight is 505 g/mol. The highest BCUT2D eigenvalue weighted by molar-refractivity contribution is 5.80. The summed E-state index contributed by atoms with van der Waals surface area (Å²) < 4.78 is 55.2. The summed E-state index contributed by atoms with van der Waals surface area (Å²) in [6.45, 7) is -0.234. The Bertz CT molecular complexity index is 821. The van der Waals surface area contributed by atoms with E-state index < -0.39 is 41.9 Å². The van der Waals surface area contributed by atoms with Crippen molar-refractivity contribution in [1.29, 1.82) is 0 Å². The second-order valence-corrected chi connectivity index (χ2v) is 11.2. The minimum absolute atomic E-state index is 0.129. The van der Waals surface area contributed by atoms with Crippen LogP contribution in [0.4, 0.5) is 13.2 Å². The van der Waals surface area contributed by atoms with Crippen molar-refractivity contribution < 1.29 is 42.1 Å². The van der Waals surface area contributed by atoms with Crippen LogP contribution in [-0.2, 0) is 23.8 Å². The summed E-state index contributed by atoms with van der Waals surface area (Å²) in [5.74, 6) is -0.816. The first-order chi connectivity index (χ1) is 16.6. The smallest absolute Gasteiger partial charge is 0.391 e. The molecule has 0 aromatic carbocycles. The van der Waals surface area contributed by atoms with Crippen LogP contribution in [0.1, 0.15) is 77.0 Å². The second-order valence-electron chi connectivity index (χ2n) is 11.2. The van der Waals surface area contributed by atoms with Crippen molar-refractivity contribution in [3.8, 4) is 0 Å². The normalized spacial score (nSPS) is 44.5. The predicted molar refractivity (Wildman–Crippen MR) is 116 cm³/mol. The molecule has 198 valence electrons. The van der Waals surface area contributed by atoms with E-state index in [-0.39, 0.29) is 43.3 Å². The van der Waals surface area contributed by atoms with Crippen molar-refractivity contribution in [2.45, 2.75) is 125 Å². The average Bonchev–Trinajstić information content (AvgIpc) is 3.12. The number of carbonyl (C=O) groups is 2. The Morgan fingerprint density at radius 2 is 1.71 bits per heavy atom. The number of hydrogen-bond acceptors (Lipinski definition) is 6. The summed E-state index contributed by atoms with van der Waals surface area (Å²) in [4.78, 5) is 25.5.